The average Bonchev–Trinajstić information content (AvgIpc) is 2.49. The highest BCUT2D eigenvalue weighted by Crippen LogP contribution is 2.15. The first kappa shape index (κ1) is 13.7. The average molecular weight is 269 g/mol. The third-order valence-corrected chi connectivity index (χ3v) is 2.69. The Balaban J connectivity index is 2.04. The Morgan fingerprint density at radius 1 is 1.10 bits per heavy atom. The fourth-order valence-corrected chi connectivity index (χ4v) is 1.67. The number of carbonyl (C=O) groups excluding carboxylic acids is 1. The molecule has 0 bridgehead atoms. The molecule has 2 aromatic rings. The summed E-state index contributed by atoms with van der Waals surface area (Å²) in [6, 6.07) is 15.8. The molecular formula is C16H15NO3. The molecule has 0 aliphatic carbocycles. The van der Waals surface area contributed by atoms with Crippen molar-refractivity contribution in [3.8, 4) is 5.75 Å². The van der Waals surface area contributed by atoms with Crippen molar-refractivity contribution in [1.82, 2.24) is 0 Å². The second-order valence-corrected chi connectivity index (χ2v) is 4.11. The van der Waals surface area contributed by atoms with Crippen LogP contribution in [-0.2, 0) is 4.79 Å². The lowest BCUT2D eigenvalue weighted by molar-refractivity contribution is -0.111. The van der Waals surface area contributed by atoms with E-state index < -0.39 is 5.91 Å². The second kappa shape index (κ2) is 6.43. The van der Waals surface area contributed by atoms with E-state index in [9.17, 15) is 9.90 Å². The van der Waals surface area contributed by atoms with E-state index in [2.05, 4.69) is 5.32 Å². The molecule has 2 aromatic carbocycles. The van der Waals surface area contributed by atoms with Gasteiger partial charge in [0.1, 0.15) is 11.5 Å². The maximum atomic E-state index is 11.8. The molecule has 0 heterocycles. The van der Waals surface area contributed by atoms with Crippen molar-refractivity contribution >= 4 is 17.4 Å². The van der Waals surface area contributed by atoms with Gasteiger partial charge in [0.15, 0.2) is 0 Å². The van der Waals surface area contributed by atoms with Crippen LogP contribution in [0.1, 0.15) is 5.56 Å². The van der Waals surface area contributed by atoms with Gasteiger partial charge in [0, 0.05) is 17.3 Å². The molecule has 2 N–H and O–H groups in total. The number of anilines is 1. The van der Waals surface area contributed by atoms with Crippen LogP contribution in [0, 0.1) is 0 Å². The third-order valence-electron chi connectivity index (χ3n) is 2.69. The summed E-state index contributed by atoms with van der Waals surface area (Å²) >= 11 is 0. The van der Waals surface area contributed by atoms with Crippen molar-refractivity contribution in [3.05, 3.63) is 66.2 Å². The molecule has 0 aliphatic heterocycles. The van der Waals surface area contributed by atoms with Gasteiger partial charge in [0.05, 0.1) is 7.11 Å². The molecule has 102 valence electrons. The van der Waals surface area contributed by atoms with Gasteiger partial charge in [-0.3, -0.25) is 4.79 Å². The van der Waals surface area contributed by atoms with Gasteiger partial charge in [-0.1, -0.05) is 30.3 Å². The van der Waals surface area contributed by atoms with Crippen molar-refractivity contribution in [3.63, 3.8) is 0 Å². The highest BCUT2D eigenvalue weighted by molar-refractivity contribution is 6.03. The standard InChI is InChI=1S/C16H15NO3/c1-20-14-9-7-13(8-10-14)17-16(19)11-15(18)12-5-3-2-4-6-12/h2-11,18H,1H3,(H,17,19). The van der Waals surface area contributed by atoms with E-state index in [1.165, 1.54) is 0 Å². The number of rotatable bonds is 4. The molecule has 2 rings (SSSR count). The summed E-state index contributed by atoms with van der Waals surface area (Å²) < 4.78 is 5.03. The summed E-state index contributed by atoms with van der Waals surface area (Å²) in [6.07, 6.45) is 1.15. The van der Waals surface area contributed by atoms with Crippen molar-refractivity contribution in [1.29, 1.82) is 0 Å². The molecule has 0 aromatic heterocycles. The van der Waals surface area contributed by atoms with Gasteiger partial charge in [-0.15, -0.1) is 0 Å². The zero-order chi connectivity index (χ0) is 14.4. The van der Waals surface area contributed by atoms with E-state index in [0.717, 1.165) is 6.08 Å². The monoisotopic (exact) mass is 269 g/mol. The van der Waals surface area contributed by atoms with Crippen LogP contribution >= 0.6 is 0 Å². The molecule has 0 saturated carbocycles. The Kier molecular flexibility index (Phi) is 4.39. The second-order valence-electron chi connectivity index (χ2n) is 4.11. The Labute approximate surface area is 117 Å². The zero-order valence-corrected chi connectivity index (χ0v) is 11.0. The van der Waals surface area contributed by atoms with Gasteiger partial charge < -0.3 is 15.2 Å². The first-order chi connectivity index (χ1) is 9.69. The van der Waals surface area contributed by atoms with Crippen LogP contribution in [0.4, 0.5) is 5.69 Å². The number of ether oxygens (including phenoxy) is 1. The van der Waals surface area contributed by atoms with Gasteiger partial charge in [-0.05, 0) is 24.3 Å². The van der Waals surface area contributed by atoms with Crippen LogP contribution in [0.25, 0.3) is 5.76 Å². The molecule has 0 unspecified atom stereocenters. The fraction of sp³-hybridized carbons (Fsp3) is 0.0625. The van der Waals surface area contributed by atoms with Crippen molar-refractivity contribution in [2.75, 3.05) is 12.4 Å². The van der Waals surface area contributed by atoms with Crippen molar-refractivity contribution < 1.29 is 14.6 Å². The smallest absolute Gasteiger partial charge is 0.252 e. The predicted molar refractivity (Wildman–Crippen MR) is 78.7 cm³/mol. The van der Waals surface area contributed by atoms with E-state index in [0.29, 0.717) is 17.0 Å². The molecule has 0 spiro atoms. The molecule has 20 heavy (non-hydrogen) atoms. The molecule has 0 atom stereocenters. The quantitative estimate of drug-likeness (QED) is 0.661. The first-order valence-electron chi connectivity index (χ1n) is 6.10. The minimum Gasteiger partial charge on any atom is -0.507 e. The number of hydrogen-bond acceptors (Lipinski definition) is 3. The number of carbonyl (C=O) groups is 1. The fourth-order valence-electron chi connectivity index (χ4n) is 1.67. The van der Waals surface area contributed by atoms with E-state index in [1.54, 1.807) is 55.6 Å². The Bertz CT molecular complexity index is 603. The summed E-state index contributed by atoms with van der Waals surface area (Å²) in [5.41, 5.74) is 1.23. The van der Waals surface area contributed by atoms with Crippen LogP contribution < -0.4 is 10.1 Å². The van der Waals surface area contributed by atoms with E-state index >= 15 is 0 Å². The predicted octanol–water partition coefficient (Wildman–Crippen LogP) is 3.23. The van der Waals surface area contributed by atoms with Crippen LogP contribution in [-0.4, -0.2) is 18.1 Å². The number of aliphatic hydroxyl groups excluding tert-OH is 1. The van der Waals surface area contributed by atoms with Gasteiger partial charge in [0.2, 0.25) is 0 Å². The normalized spacial score (nSPS) is 10.9. The summed E-state index contributed by atoms with van der Waals surface area (Å²) in [5.74, 6) is 0.249. The Morgan fingerprint density at radius 3 is 2.35 bits per heavy atom. The molecule has 4 heteroatoms. The van der Waals surface area contributed by atoms with Crippen LogP contribution in [0.3, 0.4) is 0 Å². The highest BCUT2D eigenvalue weighted by Gasteiger charge is 2.03. The maximum absolute atomic E-state index is 11.8. The lowest BCUT2D eigenvalue weighted by Gasteiger charge is -2.04. The number of aliphatic hydroxyl groups is 1. The molecule has 0 radical (unpaired) electrons. The van der Waals surface area contributed by atoms with Gasteiger partial charge >= 0.3 is 0 Å². The van der Waals surface area contributed by atoms with Crippen LogP contribution in [0.15, 0.2) is 60.7 Å². The number of amides is 1. The lowest BCUT2D eigenvalue weighted by atomic mass is 10.2. The van der Waals surface area contributed by atoms with E-state index in [4.69, 9.17) is 4.74 Å². The number of hydrogen-bond donors (Lipinski definition) is 2. The third kappa shape index (κ3) is 3.62. The van der Waals surface area contributed by atoms with Gasteiger partial charge in [-0.25, -0.2) is 0 Å². The van der Waals surface area contributed by atoms with Crippen molar-refractivity contribution in [2.45, 2.75) is 0 Å². The SMILES string of the molecule is COc1ccc(NC(=O)C=C(O)c2ccccc2)cc1. The summed E-state index contributed by atoms with van der Waals surface area (Å²) in [6.45, 7) is 0. The van der Waals surface area contributed by atoms with Crippen LogP contribution in [0.5, 0.6) is 5.75 Å². The highest BCUT2D eigenvalue weighted by atomic mass is 16.5. The summed E-state index contributed by atoms with van der Waals surface area (Å²) in [7, 11) is 1.58. The largest absolute Gasteiger partial charge is 0.507 e. The molecule has 4 nitrogen and oxygen atoms in total. The minimum absolute atomic E-state index is 0.0726. The number of methoxy groups -OCH3 is 1. The Morgan fingerprint density at radius 2 is 1.75 bits per heavy atom. The van der Waals surface area contributed by atoms with Crippen molar-refractivity contribution in [2.24, 2.45) is 0 Å². The zero-order valence-electron chi connectivity index (χ0n) is 11.0. The van der Waals surface area contributed by atoms with E-state index in [1.807, 2.05) is 6.07 Å². The Hall–Kier alpha value is -2.75. The lowest BCUT2D eigenvalue weighted by Crippen LogP contribution is -2.08. The molecule has 0 aliphatic rings. The topological polar surface area (TPSA) is 58.6 Å². The molecule has 0 saturated heterocycles. The number of nitrogens with one attached hydrogen (secondary N) is 1. The van der Waals surface area contributed by atoms with Crippen LogP contribution in [0.2, 0.25) is 0 Å². The summed E-state index contributed by atoms with van der Waals surface area (Å²) in [4.78, 5) is 11.8. The number of benzene rings is 2. The van der Waals surface area contributed by atoms with E-state index in [-0.39, 0.29) is 5.76 Å². The first-order valence-corrected chi connectivity index (χ1v) is 6.10. The van der Waals surface area contributed by atoms with Gasteiger partial charge in [-0.2, -0.15) is 0 Å². The maximum Gasteiger partial charge on any atom is 0.252 e. The minimum atomic E-state index is -0.392. The molecular weight excluding hydrogens is 254 g/mol. The molecule has 1 amide bonds. The summed E-state index contributed by atoms with van der Waals surface area (Å²) in [5, 5.41) is 12.5. The molecule has 0 fully saturated rings. The van der Waals surface area contributed by atoms with Gasteiger partial charge in [0.25, 0.3) is 5.91 Å².